The Morgan fingerprint density at radius 3 is 2.52 bits per heavy atom. The molecule has 1 amide bonds. The molecular weight excluding hydrogens is 312 g/mol. The van der Waals surface area contributed by atoms with Gasteiger partial charge in [-0.05, 0) is 50.5 Å². The van der Waals surface area contributed by atoms with Crippen molar-refractivity contribution in [2.75, 3.05) is 24.5 Å². The van der Waals surface area contributed by atoms with Crippen LogP contribution in [-0.4, -0.2) is 41.0 Å². The summed E-state index contributed by atoms with van der Waals surface area (Å²) in [5.74, 6) is 2.13. The summed E-state index contributed by atoms with van der Waals surface area (Å²) in [4.78, 5) is 22.4. The number of hydrogen-bond acceptors (Lipinski definition) is 4. The fourth-order valence-electron chi connectivity index (χ4n) is 4.85. The zero-order chi connectivity index (χ0) is 16.9. The van der Waals surface area contributed by atoms with Crippen LogP contribution < -0.4 is 10.2 Å². The van der Waals surface area contributed by atoms with E-state index in [4.69, 9.17) is 4.98 Å². The molecule has 4 fully saturated rings. The monoisotopic (exact) mass is 340 g/mol. The molecule has 1 atom stereocenters. The maximum absolute atomic E-state index is 13.2. The van der Waals surface area contributed by atoms with Crippen molar-refractivity contribution >= 4 is 11.7 Å². The van der Waals surface area contributed by atoms with E-state index in [1.807, 2.05) is 6.20 Å². The molecule has 0 bridgehead atoms. The van der Waals surface area contributed by atoms with E-state index in [9.17, 15) is 4.79 Å². The molecule has 1 unspecified atom stereocenters. The van der Waals surface area contributed by atoms with Gasteiger partial charge in [0.25, 0.3) is 0 Å². The molecule has 2 aliphatic heterocycles. The molecule has 1 aromatic rings. The molecule has 2 saturated heterocycles. The van der Waals surface area contributed by atoms with Crippen molar-refractivity contribution in [2.45, 2.75) is 63.1 Å². The first-order valence-electron chi connectivity index (χ1n) is 10.0. The first kappa shape index (κ1) is 15.6. The van der Waals surface area contributed by atoms with Gasteiger partial charge in [0.2, 0.25) is 5.91 Å². The molecule has 4 aliphatic rings. The zero-order valence-electron chi connectivity index (χ0n) is 14.9. The van der Waals surface area contributed by atoms with Gasteiger partial charge in [-0.3, -0.25) is 10.1 Å². The number of anilines is 1. The molecule has 2 saturated carbocycles. The molecule has 1 spiro atoms. The van der Waals surface area contributed by atoms with Gasteiger partial charge in [0, 0.05) is 31.4 Å². The number of pyridine rings is 1. The van der Waals surface area contributed by atoms with E-state index in [1.165, 1.54) is 25.7 Å². The highest BCUT2D eigenvalue weighted by molar-refractivity contribution is 5.89. The molecule has 3 heterocycles. The highest BCUT2D eigenvalue weighted by Crippen LogP contribution is 2.43. The van der Waals surface area contributed by atoms with E-state index in [1.54, 1.807) is 0 Å². The van der Waals surface area contributed by atoms with Gasteiger partial charge in [-0.1, -0.05) is 18.9 Å². The quantitative estimate of drug-likeness (QED) is 0.916. The molecule has 0 aromatic carbocycles. The zero-order valence-corrected chi connectivity index (χ0v) is 14.9. The standard InChI is InChI=1S/C20H28N4O/c25-19-20(9-1-2-10-20)22-18(24(19)14-15-5-6-15)16-7-8-17(21-13-16)23-11-3-4-12-23/h7-8,13,15,18,22H,1-6,9-12,14H2. The maximum Gasteiger partial charge on any atom is 0.244 e. The normalized spacial score (nSPS) is 28.5. The second kappa shape index (κ2) is 5.97. The molecule has 0 radical (unpaired) electrons. The van der Waals surface area contributed by atoms with Crippen LogP contribution in [0.2, 0.25) is 0 Å². The van der Waals surface area contributed by atoms with Crippen LogP contribution in [0.1, 0.15) is 63.1 Å². The molecule has 5 rings (SSSR count). The first-order valence-corrected chi connectivity index (χ1v) is 10.0. The Morgan fingerprint density at radius 2 is 1.88 bits per heavy atom. The van der Waals surface area contributed by atoms with Crippen LogP contribution in [0.4, 0.5) is 5.82 Å². The van der Waals surface area contributed by atoms with Crippen molar-refractivity contribution in [3.63, 3.8) is 0 Å². The predicted molar refractivity (Wildman–Crippen MR) is 97.2 cm³/mol. The second-order valence-corrected chi connectivity index (χ2v) is 8.38. The summed E-state index contributed by atoms with van der Waals surface area (Å²) in [5.41, 5.74) is 0.841. The lowest BCUT2D eigenvalue weighted by Gasteiger charge is -2.25. The fraction of sp³-hybridized carbons (Fsp3) is 0.700. The molecule has 5 nitrogen and oxygen atoms in total. The first-order chi connectivity index (χ1) is 12.3. The molecule has 5 heteroatoms. The number of hydrogen-bond donors (Lipinski definition) is 1. The van der Waals surface area contributed by atoms with Gasteiger partial charge in [-0.2, -0.15) is 0 Å². The van der Waals surface area contributed by atoms with Crippen molar-refractivity contribution in [3.8, 4) is 0 Å². The minimum absolute atomic E-state index is 0.00586. The third-order valence-electron chi connectivity index (χ3n) is 6.52. The van der Waals surface area contributed by atoms with Gasteiger partial charge in [-0.25, -0.2) is 4.98 Å². The average Bonchev–Trinajstić information content (AvgIpc) is 3.04. The highest BCUT2D eigenvalue weighted by atomic mass is 16.2. The summed E-state index contributed by atoms with van der Waals surface area (Å²) in [6.45, 7) is 3.14. The lowest BCUT2D eigenvalue weighted by molar-refractivity contribution is -0.133. The number of rotatable bonds is 4. The summed E-state index contributed by atoms with van der Waals surface area (Å²) < 4.78 is 0. The molecule has 1 N–H and O–H groups in total. The highest BCUT2D eigenvalue weighted by Gasteiger charge is 2.53. The van der Waals surface area contributed by atoms with E-state index in [2.05, 4.69) is 27.2 Å². The summed E-state index contributed by atoms with van der Waals surface area (Å²) in [6.07, 6.45) is 11.4. The summed E-state index contributed by atoms with van der Waals surface area (Å²) in [7, 11) is 0. The Labute approximate surface area is 149 Å². The Hall–Kier alpha value is -1.62. The number of carbonyl (C=O) groups is 1. The van der Waals surface area contributed by atoms with E-state index < -0.39 is 0 Å². The van der Waals surface area contributed by atoms with Gasteiger partial charge in [0.15, 0.2) is 0 Å². The molecule has 2 aliphatic carbocycles. The SMILES string of the molecule is O=C1N(CC2CC2)C(c2ccc(N3CCCC3)nc2)NC12CCCC2. The smallest absolute Gasteiger partial charge is 0.244 e. The summed E-state index contributed by atoms with van der Waals surface area (Å²) >= 11 is 0. The maximum atomic E-state index is 13.2. The number of carbonyl (C=O) groups excluding carboxylic acids is 1. The van der Waals surface area contributed by atoms with Crippen molar-refractivity contribution in [3.05, 3.63) is 23.9 Å². The largest absolute Gasteiger partial charge is 0.357 e. The van der Waals surface area contributed by atoms with Crippen LogP contribution >= 0.6 is 0 Å². The molecule has 25 heavy (non-hydrogen) atoms. The Morgan fingerprint density at radius 1 is 1.12 bits per heavy atom. The fourth-order valence-corrected chi connectivity index (χ4v) is 4.85. The number of amides is 1. The number of aromatic nitrogens is 1. The molecule has 134 valence electrons. The van der Waals surface area contributed by atoms with Gasteiger partial charge in [-0.15, -0.1) is 0 Å². The third kappa shape index (κ3) is 2.73. The minimum atomic E-state index is -0.298. The van der Waals surface area contributed by atoms with Crippen molar-refractivity contribution in [1.29, 1.82) is 0 Å². The minimum Gasteiger partial charge on any atom is -0.357 e. The topological polar surface area (TPSA) is 48.5 Å². The Balaban J connectivity index is 1.40. The number of nitrogens with zero attached hydrogens (tertiary/aromatic N) is 3. The van der Waals surface area contributed by atoms with Crippen LogP contribution in [0.15, 0.2) is 18.3 Å². The van der Waals surface area contributed by atoms with Gasteiger partial charge in [0.1, 0.15) is 12.0 Å². The lowest BCUT2D eigenvalue weighted by Crippen LogP contribution is -2.44. The van der Waals surface area contributed by atoms with Gasteiger partial charge in [0.05, 0.1) is 5.54 Å². The predicted octanol–water partition coefficient (Wildman–Crippen LogP) is 2.84. The van der Waals surface area contributed by atoms with E-state index in [-0.39, 0.29) is 11.7 Å². The summed E-state index contributed by atoms with van der Waals surface area (Å²) in [6, 6.07) is 4.32. The van der Waals surface area contributed by atoms with E-state index in [0.717, 1.165) is 56.7 Å². The number of nitrogens with one attached hydrogen (secondary N) is 1. The van der Waals surface area contributed by atoms with Gasteiger partial charge >= 0.3 is 0 Å². The lowest BCUT2D eigenvalue weighted by atomic mass is 9.98. The summed E-state index contributed by atoms with van der Waals surface area (Å²) in [5, 5.41) is 3.73. The van der Waals surface area contributed by atoms with Crippen molar-refractivity contribution in [2.24, 2.45) is 5.92 Å². The van der Waals surface area contributed by atoms with Crippen LogP contribution in [0.5, 0.6) is 0 Å². The Kier molecular flexibility index (Phi) is 3.73. The van der Waals surface area contributed by atoms with Crippen molar-refractivity contribution in [1.82, 2.24) is 15.2 Å². The van der Waals surface area contributed by atoms with Crippen LogP contribution in [-0.2, 0) is 4.79 Å². The van der Waals surface area contributed by atoms with E-state index in [0.29, 0.717) is 11.8 Å². The van der Waals surface area contributed by atoms with Crippen LogP contribution in [0.25, 0.3) is 0 Å². The molecule has 1 aromatic heterocycles. The van der Waals surface area contributed by atoms with Crippen molar-refractivity contribution < 1.29 is 4.79 Å². The Bertz CT molecular complexity index is 642. The van der Waals surface area contributed by atoms with Crippen LogP contribution in [0.3, 0.4) is 0 Å². The molecular formula is C20H28N4O. The average molecular weight is 340 g/mol. The van der Waals surface area contributed by atoms with Crippen LogP contribution in [0, 0.1) is 5.92 Å². The van der Waals surface area contributed by atoms with E-state index >= 15 is 0 Å². The third-order valence-corrected chi connectivity index (χ3v) is 6.52. The van der Waals surface area contributed by atoms with Gasteiger partial charge < -0.3 is 9.80 Å². The second-order valence-electron chi connectivity index (χ2n) is 8.38.